The zero-order valence-corrected chi connectivity index (χ0v) is 13.8. The van der Waals surface area contributed by atoms with E-state index in [9.17, 15) is 15.0 Å². The molecule has 0 saturated heterocycles. The SMILES string of the molecule is Cc1c(Cl)c(O)c(CCCCCCC(C)C)c(O)c1C=O. The van der Waals surface area contributed by atoms with E-state index in [2.05, 4.69) is 13.8 Å². The van der Waals surface area contributed by atoms with Gasteiger partial charge in [-0.1, -0.05) is 51.1 Å². The minimum absolute atomic E-state index is 0.0977. The van der Waals surface area contributed by atoms with Gasteiger partial charge in [-0.05, 0) is 31.2 Å². The fourth-order valence-corrected chi connectivity index (χ4v) is 2.69. The van der Waals surface area contributed by atoms with Crippen LogP contribution in [0.3, 0.4) is 0 Å². The van der Waals surface area contributed by atoms with E-state index in [4.69, 9.17) is 11.6 Å². The van der Waals surface area contributed by atoms with Crippen molar-refractivity contribution in [2.24, 2.45) is 5.92 Å². The molecular weight excluding hydrogens is 288 g/mol. The average molecular weight is 313 g/mol. The molecule has 2 N–H and O–H groups in total. The topological polar surface area (TPSA) is 57.5 Å². The molecule has 4 heteroatoms. The predicted octanol–water partition coefficient (Wildman–Crippen LogP) is 5.02. The summed E-state index contributed by atoms with van der Waals surface area (Å²) in [5.74, 6) is 0.496. The van der Waals surface area contributed by atoms with Gasteiger partial charge >= 0.3 is 0 Å². The van der Waals surface area contributed by atoms with Crippen LogP contribution in [0, 0.1) is 12.8 Å². The van der Waals surface area contributed by atoms with Crippen LogP contribution in [0.25, 0.3) is 0 Å². The van der Waals surface area contributed by atoms with E-state index in [-0.39, 0.29) is 22.1 Å². The normalized spacial score (nSPS) is 11.1. The summed E-state index contributed by atoms with van der Waals surface area (Å²) in [6.07, 6.45) is 6.57. The molecule has 0 unspecified atom stereocenters. The van der Waals surface area contributed by atoms with Crippen LogP contribution in [0.15, 0.2) is 0 Å². The highest BCUT2D eigenvalue weighted by molar-refractivity contribution is 6.33. The van der Waals surface area contributed by atoms with Crippen molar-refractivity contribution in [3.8, 4) is 11.5 Å². The zero-order chi connectivity index (χ0) is 16.0. The molecule has 0 radical (unpaired) electrons. The monoisotopic (exact) mass is 312 g/mol. The predicted molar refractivity (Wildman–Crippen MR) is 86.5 cm³/mol. The fraction of sp³-hybridized carbons (Fsp3) is 0.588. The maximum absolute atomic E-state index is 11.0. The highest BCUT2D eigenvalue weighted by Crippen LogP contribution is 2.40. The van der Waals surface area contributed by atoms with Crippen LogP contribution in [-0.2, 0) is 6.42 Å². The summed E-state index contributed by atoms with van der Waals surface area (Å²) >= 11 is 6.02. The third-order valence-electron chi connectivity index (χ3n) is 3.84. The number of halogens is 1. The molecule has 1 aromatic carbocycles. The number of unbranched alkanes of at least 4 members (excludes halogenated alkanes) is 3. The number of carbonyl (C=O) groups is 1. The smallest absolute Gasteiger partial charge is 0.154 e. The lowest BCUT2D eigenvalue weighted by Gasteiger charge is -2.14. The molecule has 0 spiro atoms. The molecule has 1 aromatic rings. The molecule has 0 aromatic heterocycles. The van der Waals surface area contributed by atoms with Crippen molar-refractivity contribution in [2.45, 2.75) is 59.3 Å². The van der Waals surface area contributed by atoms with E-state index in [0.717, 1.165) is 25.2 Å². The van der Waals surface area contributed by atoms with Crippen LogP contribution >= 0.6 is 11.6 Å². The second-order valence-corrected chi connectivity index (χ2v) is 6.37. The largest absolute Gasteiger partial charge is 0.507 e. The van der Waals surface area contributed by atoms with Gasteiger partial charge in [-0.15, -0.1) is 0 Å². The molecule has 1 rings (SSSR count). The van der Waals surface area contributed by atoms with Crippen LogP contribution < -0.4 is 0 Å². The maximum atomic E-state index is 11.0. The molecule has 0 heterocycles. The molecule has 3 nitrogen and oxygen atoms in total. The first kappa shape index (κ1) is 17.8. The van der Waals surface area contributed by atoms with Crippen molar-refractivity contribution >= 4 is 17.9 Å². The molecule has 21 heavy (non-hydrogen) atoms. The average Bonchev–Trinajstić information content (AvgIpc) is 2.43. The van der Waals surface area contributed by atoms with Crippen molar-refractivity contribution in [1.29, 1.82) is 0 Å². The number of carbonyl (C=O) groups excluding carboxylic acids is 1. The van der Waals surface area contributed by atoms with Gasteiger partial charge in [0.2, 0.25) is 0 Å². The van der Waals surface area contributed by atoms with Gasteiger partial charge in [-0.25, -0.2) is 0 Å². The van der Waals surface area contributed by atoms with Gasteiger partial charge in [0.1, 0.15) is 11.5 Å². The summed E-state index contributed by atoms with van der Waals surface area (Å²) in [6.45, 7) is 6.04. The van der Waals surface area contributed by atoms with E-state index in [1.807, 2.05) is 0 Å². The Morgan fingerprint density at radius 1 is 1.10 bits per heavy atom. The Morgan fingerprint density at radius 2 is 1.71 bits per heavy atom. The van der Waals surface area contributed by atoms with E-state index >= 15 is 0 Å². The Kier molecular flexibility index (Phi) is 7.03. The van der Waals surface area contributed by atoms with Crippen LogP contribution in [0.2, 0.25) is 5.02 Å². The van der Waals surface area contributed by atoms with Crippen molar-refractivity contribution in [1.82, 2.24) is 0 Å². The van der Waals surface area contributed by atoms with Crippen LogP contribution in [-0.4, -0.2) is 16.5 Å². The Morgan fingerprint density at radius 3 is 2.29 bits per heavy atom. The number of hydrogen-bond acceptors (Lipinski definition) is 3. The molecule has 0 amide bonds. The molecule has 0 aliphatic heterocycles. The minimum Gasteiger partial charge on any atom is -0.507 e. The van der Waals surface area contributed by atoms with Crippen molar-refractivity contribution < 1.29 is 15.0 Å². The third kappa shape index (κ3) is 4.63. The van der Waals surface area contributed by atoms with Gasteiger partial charge in [0.25, 0.3) is 0 Å². The Bertz CT molecular complexity index is 496. The lowest BCUT2D eigenvalue weighted by Crippen LogP contribution is -1.97. The van der Waals surface area contributed by atoms with Gasteiger partial charge in [0.15, 0.2) is 6.29 Å². The Hall–Kier alpha value is -1.22. The van der Waals surface area contributed by atoms with Gasteiger partial charge < -0.3 is 10.2 Å². The highest BCUT2D eigenvalue weighted by atomic mass is 35.5. The number of aromatic hydroxyl groups is 2. The van der Waals surface area contributed by atoms with Gasteiger partial charge in [-0.2, -0.15) is 0 Å². The quantitative estimate of drug-likeness (QED) is 0.523. The molecule has 118 valence electrons. The van der Waals surface area contributed by atoms with Gasteiger partial charge in [0, 0.05) is 5.56 Å². The number of aldehydes is 1. The van der Waals surface area contributed by atoms with Crippen LogP contribution in [0.4, 0.5) is 0 Å². The van der Waals surface area contributed by atoms with Gasteiger partial charge in [-0.3, -0.25) is 4.79 Å². The molecule has 0 aliphatic rings. The standard InChI is InChI=1S/C17H25ClO3/c1-11(2)8-6-4-5-7-9-13-16(20)14(10-19)12(3)15(18)17(13)21/h10-11,20-21H,4-9H2,1-3H3. The summed E-state index contributed by atoms with van der Waals surface area (Å²) in [5.41, 5.74) is 0.978. The van der Waals surface area contributed by atoms with Gasteiger partial charge in [0.05, 0.1) is 10.6 Å². The summed E-state index contributed by atoms with van der Waals surface area (Å²) in [5, 5.41) is 20.3. The minimum atomic E-state index is -0.133. The fourth-order valence-electron chi connectivity index (χ4n) is 2.47. The Balaban J connectivity index is 2.67. The number of phenols is 2. The van der Waals surface area contributed by atoms with Crippen molar-refractivity contribution in [2.75, 3.05) is 0 Å². The number of rotatable bonds is 8. The van der Waals surface area contributed by atoms with Crippen molar-refractivity contribution in [3.63, 3.8) is 0 Å². The summed E-state index contributed by atoms with van der Waals surface area (Å²) in [4.78, 5) is 11.0. The second-order valence-electron chi connectivity index (χ2n) is 5.99. The third-order valence-corrected chi connectivity index (χ3v) is 4.31. The van der Waals surface area contributed by atoms with E-state index in [1.165, 1.54) is 12.8 Å². The lowest BCUT2D eigenvalue weighted by atomic mass is 9.97. The molecular formula is C17H25ClO3. The van der Waals surface area contributed by atoms with Crippen LogP contribution in [0.1, 0.15) is 67.4 Å². The first-order valence-electron chi connectivity index (χ1n) is 7.58. The second kappa shape index (κ2) is 8.28. The lowest BCUT2D eigenvalue weighted by molar-refractivity contribution is 0.112. The van der Waals surface area contributed by atoms with E-state index < -0.39 is 0 Å². The van der Waals surface area contributed by atoms with Crippen LogP contribution in [0.5, 0.6) is 11.5 Å². The first-order chi connectivity index (χ1) is 9.90. The molecule has 0 atom stereocenters. The molecule has 0 bridgehead atoms. The molecule has 0 fully saturated rings. The summed E-state index contributed by atoms with van der Waals surface area (Å²) < 4.78 is 0. The van der Waals surface area contributed by atoms with E-state index in [0.29, 0.717) is 23.8 Å². The van der Waals surface area contributed by atoms with E-state index in [1.54, 1.807) is 6.92 Å². The summed E-state index contributed by atoms with van der Waals surface area (Å²) in [6, 6.07) is 0. The number of benzene rings is 1. The first-order valence-corrected chi connectivity index (χ1v) is 7.96. The highest BCUT2D eigenvalue weighted by Gasteiger charge is 2.19. The molecule has 0 aliphatic carbocycles. The number of hydrogen-bond donors (Lipinski definition) is 2. The molecule has 0 saturated carbocycles. The zero-order valence-electron chi connectivity index (χ0n) is 13.1. The number of phenolic OH excluding ortho intramolecular Hbond substituents is 2. The Labute approximate surface area is 131 Å². The van der Waals surface area contributed by atoms with Crippen molar-refractivity contribution in [3.05, 3.63) is 21.7 Å². The maximum Gasteiger partial charge on any atom is 0.154 e. The summed E-state index contributed by atoms with van der Waals surface area (Å²) in [7, 11) is 0.